The molecule has 0 aromatic carbocycles. The van der Waals surface area contributed by atoms with Crippen LogP contribution in [0.1, 0.15) is 0 Å². The van der Waals surface area contributed by atoms with Gasteiger partial charge in [-0.1, -0.05) is 0 Å². The van der Waals surface area contributed by atoms with Crippen LogP contribution in [0, 0.1) is 0 Å². The fraction of sp³-hybridized carbons (Fsp3) is 1.00. The van der Waals surface area contributed by atoms with E-state index < -0.39 is 0 Å². The van der Waals surface area contributed by atoms with E-state index in [1.807, 2.05) is 0 Å². The van der Waals surface area contributed by atoms with E-state index in [2.05, 4.69) is 0 Å². The van der Waals surface area contributed by atoms with Crippen LogP contribution in [-0.4, -0.2) is 23.7 Å². The number of rotatable bonds is 0. The molecule has 1 saturated heterocycles. The lowest BCUT2D eigenvalue weighted by Gasteiger charge is -2.14. The quantitative estimate of drug-likeness (QED) is 0.467. The minimum absolute atomic E-state index is 0.203. The zero-order valence-electron chi connectivity index (χ0n) is 3.89. The molecule has 0 amide bonds. The van der Waals surface area contributed by atoms with Gasteiger partial charge in [-0.15, -0.1) is 23.4 Å². The summed E-state index contributed by atoms with van der Waals surface area (Å²) < 4.78 is 5.23. The van der Waals surface area contributed by atoms with E-state index in [1.165, 1.54) is 0 Å². The first kappa shape index (κ1) is 5.73. The zero-order chi connectivity index (χ0) is 5.11. The van der Waals surface area contributed by atoms with Gasteiger partial charge in [0, 0.05) is 5.75 Å². The maximum Gasteiger partial charge on any atom is 0.102 e. The molecule has 42 valence electrons. The Morgan fingerprint density at radius 3 is 2.86 bits per heavy atom. The molecule has 1 aliphatic rings. The Balaban J connectivity index is 2.12. The molecular weight excluding hydrogens is 132 g/mol. The van der Waals surface area contributed by atoms with Crippen molar-refractivity contribution in [1.82, 2.24) is 0 Å². The number of hydrogen-bond acceptors (Lipinski definition) is 2. The van der Waals surface area contributed by atoms with Crippen LogP contribution >= 0.6 is 23.4 Å². The first-order chi connectivity index (χ1) is 3.39. The standard InChI is InChI=1S/C4H7ClOS/c5-4-3-6-1-2-7-4/h4H,1-3H2. The van der Waals surface area contributed by atoms with Crippen LogP contribution in [0.15, 0.2) is 0 Å². The average Bonchev–Trinajstić information content (AvgIpc) is 1.69. The van der Waals surface area contributed by atoms with Crippen molar-refractivity contribution in [3.63, 3.8) is 0 Å². The molecule has 0 radical (unpaired) electrons. The van der Waals surface area contributed by atoms with Gasteiger partial charge in [-0.2, -0.15) is 0 Å². The van der Waals surface area contributed by atoms with Gasteiger partial charge in [-0.25, -0.2) is 0 Å². The monoisotopic (exact) mass is 138 g/mol. The van der Waals surface area contributed by atoms with Crippen LogP contribution in [-0.2, 0) is 4.74 Å². The van der Waals surface area contributed by atoms with Crippen molar-refractivity contribution in [2.75, 3.05) is 19.0 Å². The lowest BCUT2D eigenvalue weighted by Crippen LogP contribution is -2.14. The summed E-state index contributed by atoms with van der Waals surface area (Å²) in [6.07, 6.45) is 0. The molecule has 1 rings (SSSR count). The zero-order valence-corrected chi connectivity index (χ0v) is 5.47. The highest BCUT2D eigenvalue weighted by molar-refractivity contribution is 8.01. The van der Waals surface area contributed by atoms with E-state index in [1.54, 1.807) is 11.8 Å². The van der Waals surface area contributed by atoms with E-state index >= 15 is 0 Å². The molecule has 0 spiro atoms. The maximum absolute atomic E-state index is 5.65. The van der Waals surface area contributed by atoms with Crippen molar-refractivity contribution in [3.8, 4) is 0 Å². The molecule has 1 aliphatic heterocycles. The molecule has 0 bridgehead atoms. The predicted octanol–water partition coefficient (Wildman–Crippen LogP) is 1.31. The summed E-state index contributed by atoms with van der Waals surface area (Å²) in [6.45, 7) is 1.58. The largest absolute Gasteiger partial charge is 0.378 e. The number of halogens is 1. The average molecular weight is 139 g/mol. The van der Waals surface area contributed by atoms with E-state index in [-0.39, 0.29) is 4.71 Å². The van der Waals surface area contributed by atoms with Gasteiger partial charge in [0.25, 0.3) is 0 Å². The fourth-order valence-corrected chi connectivity index (χ4v) is 1.48. The summed E-state index contributed by atoms with van der Waals surface area (Å²) in [5.74, 6) is 1.05. The van der Waals surface area contributed by atoms with E-state index in [4.69, 9.17) is 16.3 Å². The molecule has 1 atom stereocenters. The highest BCUT2D eigenvalue weighted by Gasteiger charge is 2.08. The number of hydrogen-bond donors (Lipinski definition) is 0. The highest BCUT2D eigenvalue weighted by Crippen LogP contribution is 2.18. The molecule has 7 heavy (non-hydrogen) atoms. The van der Waals surface area contributed by atoms with Gasteiger partial charge in [-0.3, -0.25) is 0 Å². The van der Waals surface area contributed by atoms with E-state index in [0.717, 1.165) is 12.4 Å². The number of thioether (sulfide) groups is 1. The Kier molecular flexibility index (Phi) is 2.29. The molecule has 1 fully saturated rings. The lowest BCUT2D eigenvalue weighted by atomic mass is 10.8. The third-order valence-electron chi connectivity index (χ3n) is 0.775. The van der Waals surface area contributed by atoms with Gasteiger partial charge in [0.15, 0.2) is 0 Å². The van der Waals surface area contributed by atoms with Gasteiger partial charge < -0.3 is 4.74 Å². The Morgan fingerprint density at radius 2 is 2.57 bits per heavy atom. The first-order valence-electron chi connectivity index (χ1n) is 2.23. The molecule has 1 nitrogen and oxygen atoms in total. The summed E-state index contributed by atoms with van der Waals surface area (Å²) in [6, 6.07) is 0. The summed E-state index contributed by atoms with van der Waals surface area (Å²) >= 11 is 7.41. The molecule has 1 heterocycles. The third-order valence-corrected chi connectivity index (χ3v) is 2.18. The lowest BCUT2D eigenvalue weighted by molar-refractivity contribution is 0.155. The highest BCUT2D eigenvalue weighted by atomic mass is 35.5. The fourth-order valence-electron chi connectivity index (χ4n) is 0.459. The third kappa shape index (κ3) is 1.89. The van der Waals surface area contributed by atoms with Crippen molar-refractivity contribution < 1.29 is 4.74 Å². The second-order valence-corrected chi connectivity index (χ2v) is 3.45. The van der Waals surface area contributed by atoms with Crippen LogP contribution in [0.2, 0.25) is 0 Å². The van der Waals surface area contributed by atoms with Crippen LogP contribution in [0.3, 0.4) is 0 Å². The molecule has 0 saturated carbocycles. The Bertz CT molecular complexity index is 53.7. The second kappa shape index (κ2) is 2.80. The van der Waals surface area contributed by atoms with Crippen molar-refractivity contribution in [3.05, 3.63) is 0 Å². The Labute approximate surface area is 52.4 Å². The van der Waals surface area contributed by atoms with Gasteiger partial charge in [0.1, 0.15) is 4.71 Å². The smallest absolute Gasteiger partial charge is 0.102 e. The topological polar surface area (TPSA) is 9.23 Å². The molecule has 0 aromatic rings. The van der Waals surface area contributed by atoms with Crippen LogP contribution in [0.5, 0.6) is 0 Å². The van der Waals surface area contributed by atoms with Gasteiger partial charge in [0.2, 0.25) is 0 Å². The summed E-state index contributed by atoms with van der Waals surface area (Å²) in [5, 5.41) is 0. The Hall–Kier alpha value is 0.600. The van der Waals surface area contributed by atoms with Crippen LogP contribution < -0.4 is 0 Å². The molecule has 1 unspecified atom stereocenters. The molecule has 0 N–H and O–H groups in total. The van der Waals surface area contributed by atoms with Gasteiger partial charge in [-0.05, 0) is 0 Å². The molecular formula is C4H7ClOS. The van der Waals surface area contributed by atoms with Crippen LogP contribution in [0.4, 0.5) is 0 Å². The molecule has 3 heteroatoms. The summed E-state index contributed by atoms with van der Waals surface area (Å²) in [4.78, 5) is 0. The summed E-state index contributed by atoms with van der Waals surface area (Å²) in [7, 11) is 0. The minimum Gasteiger partial charge on any atom is -0.378 e. The minimum atomic E-state index is 0.203. The molecule has 0 aliphatic carbocycles. The number of alkyl halides is 1. The predicted molar refractivity (Wildman–Crippen MR) is 32.9 cm³/mol. The van der Waals surface area contributed by atoms with Crippen molar-refractivity contribution in [1.29, 1.82) is 0 Å². The van der Waals surface area contributed by atoms with E-state index in [0.29, 0.717) is 6.61 Å². The SMILES string of the molecule is ClC1COCCS1. The Morgan fingerprint density at radius 1 is 1.71 bits per heavy atom. The first-order valence-corrected chi connectivity index (χ1v) is 3.71. The van der Waals surface area contributed by atoms with Crippen LogP contribution in [0.25, 0.3) is 0 Å². The van der Waals surface area contributed by atoms with Crippen molar-refractivity contribution >= 4 is 23.4 Å². The van der Waals surface area contributed by atoms with Gasteiger partial charge in [0.05, 0.1) is 13.2 Å². The normalized spacial score (nSPS) is 33.0. The van der Waals surface area contributed by atoms with Crippen molar-refractivity contribution in [2.45, 2.75) is 4.71 Å². The van der Waals surface area contributed by atoms with Gasteiger partial charge >= 0.3 is 0 Å². The van der Waals surface area contributed by atoms with Crippen molar-refractivity contribution in [2.24, 2.45) is 0 Å². The second-order valence-electron chi connectivity index (χ2n) is 1.36. The molecule has 0 aromatic heterocycles. The summed E-state index contributed by atoms with van der Waals surface area (Å²) in [5.41, 5.74) is 0. The number of ether oxygens (including phenoxy) is 1. The maximum atomic E-state index is 5.65. The van der Waals surface area contributed by atoms with E-state index in [9.17, 15) is 0 Å².